The second kappa shape index (κ2) is 7.66. The second-order valence-corrected chi connectivity index (χ2v) is 8.38. The zero-order valence-electron chi connectivity index (χ0n) is 16.2. The molecule has 150 valence electrons. The number of fused-ring (bicyclic) bond motifs is 3. The number of hydrogen-bond acceptors (Lipinski definition) is 5. The van der Waals surface area contributed by atoms with Crippen LogP contribution in [0, 0.1) is 0 Å². The van der Waals surface area contributed by atoms with Crippen LogP contribution in [0.3, 0.4) is 0 Å². The van der Waals surface area contributed by atoms with Gasteiger partial charge in [0.15, 0.2) is 5.13 Å². The van der Waals surface area contributed by atoms with Crippen LogP contribution in [0.5, 0.6) is 0 Å². The van der Waals surface area contributed by atoms with E-state index in [1.807, 2.05) is 54.2 Å². The van der Waals surface area contributed by atoms with Crippen molar-refractivity contribution in [1.29, 1.82) is 0 Å². The first kappa shape index (κ1) is 19.0. The molecule has 1 aliphatic carbocycles. The molecule has 0 spiro atoms. The molecule has 0 aliphatic heterocycles. The Bertz CT molecular complexity index is 1250. The van der Waals surface area contributed by atoms with Gasteiger partial charge in [-0.2, -0.15) is 5.10 Å². The Labute approximate surface area is 182 Å². The predicted octanol–water partition coefficient (Wildman–Crippen LogP) is 5.16. The largest absolute Gasteiger partial charge is 0.302 e. The molecule has 30 heavy (non-hydrogen) atoms. The van der Waals surface area contributed by atoms with Gasteiger partial charge in [-0.25, -0.2) is 9.67 Å². The molecule has 5 rings (SSSR count). The highest BCUT2D eigenvalue weighted by atomic mass is 35.5. The summed E-state index contributed by atoms with van der Waals surface area (Å²) >= 11 is 8.02. The molecule has 0 radical (unpaired) electrons. The van der Waals surface area contributed by atoms with E-state index in [2.05, 4.69) is 15.3 Å². The van der Waals surface area contributed by atoms with Crippen molar-refractivity contribution in [2.24, 2.45) is 0 Å². The summed E-state index contributed by atoms with van der Waals surface area (Å²) in [6.45, 7) is 1.83. The van der Waals surface area contributed by atoms with Gasteiger partial charge < -0.3 is 5.32 Å². The summed E-state index contributed by atoms with van der Waals surface area (Å²) in [5.74, 6) is -0.0445. The van der Waals surface area contributed by atoms with Crippen molar-refractivity contribution in [3.05, 3.63) is 65.1 Å². The van der Waals surface area contributed by atoms with Crippen molar-refractivity contribution >= 4 is 34.0 Å². The van der Waals surface area contributed by atoms with Gasteiger partial charge in [0.05, 0.1) is 32.7 Å². The second-order valence-electron chi connectivity index (χ2n) is 6.98. The van der Waals surface area contributed by atoms with Gasteiger partial charge in [0, 0.05) is 29.9 Å². The van der Waals surface area contributed by atoms with E-state index in [4.69, 9.17) is 16.7 Å². The molecule has 0 saturated carbocycles. The SMILES string of the molecule is CCC(=O)Nc1nc2c(s1)-c1c(c(-c3cccnc3)nn1-c1ccccc1Cl)CC2. The molecule has 0 bridgehead atoms. The zero-order chi connectivity index (χ0) is 20.7. The lowest BCUT2D eigenvalue weighted by molar-refractivity contribution is -0.115. The highest BCUT2D eigenvalue weighted by molar-refractivity contribution is 7.19. The van der Waals surface area contributed by atoms with Crippen molar-refractivity contribution in [2.45, 2.75) is 26.2 Å². The normalized spacial score (nSPS) is 12.3. The third-order valence-electron chi connectivity index (χ3n) is 5.09. The summed E-state index contributed by atoms with van der Waals surface area (Å²) in [7, 11) is 0. The van der Waals surface area contributed by atoms with E-state index >= 15 is 0 Å². The number of nitrogens with one attached hydrogen (secondary N) is 1. The van der Waals surface area contributed by atoms with Crippen molar-refractivity contribution in [3.63, 3.8) is 0 Å². The van der Waals surface area contributed by atoms with Crippen LogP contribution in [0.1, 0.15) is 24.6 Å². The molecule has 0 atom stereocenters. The Morgan fingerprint density at radius 2 is 2.10 bits per heavy atom. The standard InChI is InChI=1S/C22H18ClN5OS/c1-2-18(29)26-22-25-16-10-9-14-19(13-6-5-11-24-12-13)27-28(20(14)21(16)30-22)17-8-4-3-7-15(17)23/h3-8,11-12H,2,9-10H2,1H3,(H,25,26,29). The molecule has 3 heterocycles. The van der Waals surface area contributed by atoms with Gasteiger partial charge in [-0.1, -0.05) is 42.0 Å². The average Bonchev–Trinajstić information content (AvgIpc) is 3.35. The van der Waals surface area contributed by atoms with Crippen molar-refractivity contribution < 1.29 is 4.79 Å². The Balaban J connectivity index is 1.73. The Morgan fingerprint density at radius 1 is 1.23 bits per heavy atom. The third-order valence-corrected chi connectivity index (χ3v) is 6.43. The number of nitrogens with zero attached hydrogens (tertiary/aromatic N) is 4. The number of anilines is 1. The van der Waals surface area contributed by atoms with Crippen LogP contribution in [-0.4, -0.2) is 25.7 Å². The molecule has 4 aromatic rings. The monoisotopic (exact) mass is 435 g/mol. The zero-order valence-corrected chi connectivity index (χ0v) is 17.8. The number of para-hydroxylation sites is 1. The lowest BCUT2D eigenvalue weighted by Crippen LogP contribution is -2.09. The van der Waals surface area contributed by atoms with Gasteiger partial charge in [0.2, 0.25) is 5.91 Å². The van der Waals surface area contributed by atoms with Gasteiger partial charge in [-0.3, -0.25) is 9.78 Å². The molecule has 1 N–H and O–H groups in total. The molecule has 8 heteroatoms. The number of hydrogen-bond donors (Lipinski definition) is 1. The van der Waals surface area contributed by atoms with Crippen molar-refractivity contribution in [1.82, 2.24) is 19.7 Å². The number of halogens is 1. The molecule has 3 aromatic heterocycles. The van der Waals surface area contributed by atoms with E-state index in [0.717, 1.165) is 51.6 Å². The van der Waals surface area contributed by atoms with E-state index in [9.17, 15) is 4.79 Å². The quantitative estimate of drug-likeness (QED) is 0.480. The molecule has 1 aromatic carbocycles. The maximum Gasteiger partial charge on any atom is 0.225 e. The summed E-state index contributed by atoms with van der Waals surface area (Å²) < 4.78 is 1.90. The molecule has 0 saturated heterocycles. The van der Waals surface area contributed by atoms with Crippen LogP contribution >= 0.6 is 22.9 Å². The van der Waals surface area contributed by atoms with Gasteiger partial charge >= 0.3 is 0 Å². The fraction of sp³-hybridized carbons (Fsp3) is 0.182. The number of aromatic nitrogens is 4. The van der Waals surface area contributed by atoms with Crippen molar-refractivity contribution in [2.75, 3.05) is 5.32 Å². The van der Waals surface area contributed by atoms with Crippen LogP contribution in [0.15, 0.2) is 48.8 Å². The van der Waals surface area contributed by atoms with E-state index < -0.39 is 0 Å². The summed E-state index contributed by atoms with van der Waals surface area (Å²) in [6, 6.07) is 11.6. The van der Waals surface area contributed by atoms with E-state index in [1.165, 1.54) is 11.3 Å². The minimum atomic E-state index is -0.0445. The maximum absolute atomic E-state index is 11.9. The highest BCUT2D eigenvalue weighted by Gasteiger charge is 2.30. The fourth-order valence-corrected chi connectivity index (χ4v) is 4.97. The summed E-state index contributed by atoms with van der Waals surface area (Å²) in [5, 5.41) is 9.10. The number of thiazole rings is 1. The number of aryl methyl sites for hydroxylation is 1. The minimum absolute atomic E-state index is 0.0445. The first-order valence-corrected chi connectivity index (χ1v) is 10.9. The number of benzene rings is 1. The lowest BCUT2D eigenvalue weighted by Gasteiger charge is -2.14. The summed E-state index contributed by atoms with van der Waals surface area (Å²) in [4.78, 5) is 21.8. The molecule has 0 fully saturated rings. The molecule has 0 unspecified atom stereocenters. The molecular formula is C22H18ClN5OS. The van der Waals surface area contributed by atoms with Crippen LogP contribution in [-0.2, 0) is 17.6 Å². The first-order valence-electron chi connectivity index (χ1n) is 9.72. The maximum atomic E-state index is 11.9. The summed E-state index contributed by atoms with van der Waals surface area (Å²) in [6.07, 6.45) is 5.60. The van der Waals surface area contributed by atoms with Crippen molar-refractivity contribution in [3.8, 4) is 27.5 Å². The van der Waals surface area contributed by atoms with E-state index in [1.54, 1.807) is 6.20 Å². The van der Waals surface area contributed by atoms with Crippen LogP contribution in [0.2, 0.25) is 5.02 Å². The van der Waals surface area contributed by atoms with Gasteiger partial charge in [-0.05, 0) is 37.1 Å². The summed E-state index contributed by atoms with van der Waals surface area (Å²) in [5.41, 5.74) is 5.78. The number of carbonyl (C=O) groups is 1. The number of carbonyl (C=O) groups excluding carboxylic acids is 1. The predicted molar refractivity (Wildman–Crippen MR) is 119 cm³/mol. The first-order chi connectivity index (χ1) is 14.7. The molecular weight excluding hydrogens is 418 g/mol. The smallest absolute Gasteiger partial charge is 0.225 e. The number of amides is 1. The van der Waals surface area contributed by atoms with E-state index in [0.29, 0.717) is 16.6 Å². The van der Waals surface area contributed by atoms with E-state index in [-0.39, 0.29) is 5.91 Å². The molecule has 6 nitrogen and oxygen atoms in total. The minimum Gasteiger partial charge on any atom is -0.302 e. The molecule has 1 amide bonds. The van der Waals surface area contributed by atoms with Gasteiger partial charge in [-0.15, -0.1) is 0 Å². The number of rotatable bonds is 4. The lowest BCUT2D eigenvalue weighted by atomic mass is 9.95. The highest BCUT2D eigenvalue weighted by Crippen LogP contribution is 2.44. The van der Waals surface area contributed by atoms with Gasteiger partial charge in [0.1, 0.15) is 0 Å². The Hall–Kier alpha value is -3.03. The Kier molecular flexibility index (Phi) is 4.84. The average molecular weight is 436 g/mol. The Morgan fingerprint density at radius 3 is 2.87 bits per heavy atom. The third kappa shape index (κ3) is 3.20. The topological polar surface area (TPSA) is 72.7 Å². The fourth-order valence-electron chi connectivity index (χ4n) is 3.66. The van der Waals surface area contributed by atoms with Crippen LogP contribution < -0.4 is 5.32 Å². The van der Waals surface area contributed by atoms with Crippen LogP contribution in [0.4, 0.5) is 5.13 Å². The number of pyridine rings is 1. The van der Waals surface area contributed by atoms with Crippen LogP contribution in [0.25, 0.3) is 27.5 Å². The van der Waals surface area contributed by atoms with Gasteiger partial charge in [0.25, 0.3) is 0 Å². The molecule has 1 aliphatic rings.